The van der Waals surface area contributed by atoms with Gasteiger partial charge in [-0.1, -0.05) is 23.5 Å². The van der Waals surface area contributed by atoms with Gasteiger partial charge in [0.2, 0.25) is 0 Å². The summed E-state index contributed by atoms with van der Waals surface area (Å²) in [6.45, 7) is 2.77. The van der Waals surface area contributed by atoms with Crippen LogP contribution >= 0.6 is 11.3 Å². The summed E-state index contributed by atoms with van der Waals surface area (Å²) in [6.07, 6.45) is 0. The predicted molar refractivity (Wildman–Crippen MR) is 112 cm³/mol. The molecule has 0 saturated carbocycles. The molecule has 1 aromatic heterocycles. The number of piperazine rings is 1. The molecule has 2 amide bonds. The summed E-state index contributed by atoms with van der Waals surface area (Å²) >= 11 is 1.65. The maximum absolute atomic E-state index is 12.6. The number of benzene rings is 2. The SMILES string of the molecule is COc1ccc2nc(N3CCN(C(=O)Nc4ccccc4OC)CC3)sc2c1. The number of thiazole rings is 1. The molecule has 2 heterocycles. The Labute approximate surface area is 167 Å². The van der Waals surface area contributed by atoms with Crippen LogP contribution in [0.15, 0.2) is 42.5 Å². The number of urea groups is 1. The Morgan fingerprint density at radius 3 is 2.61 bits per heavy atom. The second-order valence-corrected chi connectivity index (χ2v) is 7.44. The molecule has 2 aromatic carbocycles. The number of hydrogen-bond donors (Lipinski definition) is 1. The van der Waals surface area contributed by atoms with Gasteiger partial charge in [-0.25, -0.2) is 9.78 Å². The van der Waals surface area contributed by atoms with Gasteiger partial charge in [0.15, 0.2) is 5.13 Å². The van der Waals surface area contributed by atoms with Gasteiger partial charge in [-0.15, -0.1) is 0 Å². The smallest absolute Gasteiger partial charge is 0.322 e. The normalized spacial score (nSPS) is 14.2. The molecule has 3 aromatic rings. The van der Waals surface area contributed by atoms with Crippen molar-refractivity contribution in [1.82, 2.24) is 9.88 Å². The zero-order chi connectivity index (χ0) is 19.5. The number of rotatable bonds is 4. The lowest BCUT2D eigenvalue weighted by Crippen LogP contribution is -2.50. The van der Waals surface area contributed by atoms with E-state index < -0.39 is 0 Å². The van der Waals surface area contributed by atoms with Crippen LogP contribution in [0.4, 0.5) is 15.6 Å². The summed E-state index contributed by atoms with van der Waals surface area (Å²) in [4.78, 5) is 21.4. The number of nitrogens with one attached hydrogen (secondary N) is 1. The zero-order valence-electron chi connectivity index (χ0n) is 15.8. The molecule has 0 unspecified atom stereocenters. The average molecular weight is 398 g/mol. The van der Waals surface area contributed by atoms with E-state index in [1.807, 2.05) is 47.4 Å². The number of carbonyl (C=O) groups excluding carboxylic acids is 1. The summed E-state index contributed by atoms with van der Waals surface area (Å²) in [5.41, 5.74) is 1.65. The number of para-hydroxylation sites is 2. The number of nitrogens with zero attached hydrogens (tertiary/aromatic N) is 3. The molecule has 1 saturated heterocycles. The van der Waals surface area contributed by atoms with E-state index in [1.54, 1.807) is 25.6 Å². The third-order valence-electron chi connectivity index (χ3n) is 4.77. The van der Waals surface area contributed by atoms with Crippen LogP contribution in [0.5, 0.6) is 11.5 Å². The Morgan fingerprint density at radius 2 is 1.86 bits per heavy atom. The van der Waals surface area contributed by atoms with Crippen LogP contribution in [0.2, 0.25) is 0 Å². The van der Waals surface area contributed by atoms with Crippen molar-refractivity contribution in [2.24, 2.45) is 0 Å². The highest BCUT2D eigenvalue weighted by molar-refractivity contribution is 7.22. The number of ether oxygens (including phenoxy) is 2. The van der Waals surface area contributed by atoms with Crippen molar-refractivity contribution < 1.29 is 14.3 Å². The van der Waals surface area contributed by atoms with Gasteiger partial charge in [0.1, 0.15) is 11.5 Å². The Bertz CT molecular complexity index is 982. The standard InChI is InChI=1S/C20H22N4O3S/c1-26-14-7-8-16-18(13-14)28-20(22-16)24-11-9-23(10-12-24)19(25)21-15-5-3-4-6-17(15)27-2/h3-8,13H,9-12H2,1-2H3,(H,21,25). The van der Waals surface area contributed by atoms with E-state index in [2.05, 4.69) is 10.2 Å². The van der Waals surface area contributed by atoms with Gasteiger partial charge in [-0.3, -0.25) is 0 Å². The minimum Gasteiger partial charge on any atom is -0.497 e. The van der Waals surface area contributed by atoms with Crippen LogP contribution in [0.25, 0.3) is 10.2 Å². The fourth-order valence-electron chi connectivity index (χ4n) is 3.20. The van der Waals surface area contributed by atoms with Crippen molar-refractivity contribution in [2.75, 3.05) is 50.6 Å². The molecule has 1 aliphatic rings. The lowest BCUT2D eigenvalue weighted by atomic mass is 10.3. The average Bonchev–Trinajstić information content (AvgIpc) is 3.17. The zero-order valence-corrected chi connectivity index (χ0v) is 16.7. The Kier molecular flexibility index (Phi) is 5.21. The number of hydrogen-bond acceptors (Lipinski definition) is 6. The summed E-state index contributed by atoms with van der Waals surface area (Å²) in [5, 5.41) is 3.92. The Morgan fingerprint density at radius 1 is 1.07 bits per heavy atom. The van der Waals surface area contributed by atoms with Gasteiger partial charge >= 0.3 is 6.03 Å². The molecule has 0 bridgehead atoms. The fourth-order valence-corrected chi connectivity index (χ4v) is 4.24. The van der Waals surface area contributed by atoms with Crippen LogP contribution in [0.3, 0.4) is 0 Å². The Balaban J connectivity index is 1.39. The maximum atomic E-state index is 12.6. The molecule has 8 heteroatoms. The number of amides is 2. The summed E-state index contributed by atoms with van der Waals surface area (Å²) < 4.78 is 11.7. The van der Waals surface area contributed by atoms with Gasteiger partial charge in [-0.05, 0) is 30.3 Å². The van der Waals surface area contributed by atoms with Crippen molar-refractivity contribution in [3.8, 4) is 11.5 Å². The van der Waals surface area contributed by atoms with Gasteiger partial charge in [-0.2, -0.15) is 0 Å². The van der Waals surface area contributed by atoms with Crippen molar-refractivity contribution in [3.63, 3.8) is 0 Å². The molecular weight excluding hydrogens is 376 g/mol. The summed E-state index contributed by atoms with van der Waals surface area (Å²) in [7, 11) is 3.26. The maximum Gasteiger partial charge on any atom is 0.322 e. The largest absolute Gasteiger partial charge is 0.497 e. The number of anilines is 2. The second kappa shape index (κ2) is 7.93. The van der Waals surface area contributed by atoms with E-state index in [9.17, 15) is 4.79 Å². The van der Waals surface area contributed by atoms with E-state index in [4.69, 9.17) is 14.5 Å². The van der Waals surface area contributed by atoms with Crippen molar-refractivity contribution in [2.45, 2.75) is 0 Å². The monoisotopic (exact) mass is 398 g/mol. The minimum atomic E-state index is -0.113. The second-order valence-electron chi connectivity index (χ2n) is 6.43. The van der Waals surface area contributed by atoms with Gasteiger partial charge in [0, 0.05) is 26.2 Å². The molecule has 4 rings (SSSR count). The summed E-state index contributed by atoms with van der Waals surface area (Å²) in [6, 6.07) is 13.2. The van der Waals surface area contributed by atoms with E-state index in [-0.39, 0.29) is 6.03 Å². The first kappa shape index (κ1) is 18.4. The molecule has 1 N–H and O–H groups in total. The molecule has 28 heavy (non-hydrogen) atoms. The molecule has 0 radical (unpaired) electrons. The lowest BCUT2D eigenvalue weighted by Gasteiger charge is -2.34. The van der Waals surface area contributed by atoms with Crippen LogP contribution in [0.1, 0.15) is 0 Å². The van der Waals surface area contributed by atoms with Gasteiger partial charge in [0.25, 0.3) is 0 Å². The molecule has 1 fully saturated rings. The lowest BCUT2D eigenvalue weighted by molar-refractivity contribution is 0.208. The first-order valence-corrected chi connectivity index (χ1v) is 9.88. The molecule has 0 spiro atoms. The van der Waals surface area contributed by atoms with Crippen molar-refractivity contribution in [1.29, 1.82) is 0 Å². The van der Waals surface area contributed by atoms with Crippen LogP contribution in [-0.2, 0) is 0 Å². The highest BCUT2D eigenvalue weighted by Gasteiger charge is 2.23. The molecule has 7 nitrogen and oxygen atoms in total. The fraction of sp³-hybridized carbons (Fsp3) is 0.300. The van der Waals surface area contributed by atoms with Gasteiger partial charge < -0.3 is 24.6 Å². The molecular formula is C20H22N4O3S. The van der Waals surface area contributed by atoms with Crippen LogP contribution in [0, 0.1) is 0 Å². The predicted octanol–water partition coefficient (Wildman–Crippen LogP) is 3.67. The number of methoxy groups -OCH3 is 2. The van der Waals surface area contributed by atoms with Crippen LogP contribution < -0.4 is 19.7 Å². The van der Waals surface area contributed by atoms with Gasteiger partial charge in [0.05, 0.1) is 30.1 Å². The van der Waals surface area contributed by atoms with Crippen molar-refractivity contribution in [3.05, 3.63) is 42.5 Å². The Hall–Kier alpha value is -3.00. The molecule has 1 aliphatic heterocycles. The highest BCUT2D eigenvalue weighted by Crippen LogP contribution is 2.32. The van der Waals surface area contributed by atoms with E-state index in [0.29, 0.717) is 24.5 Å². The molecule has 146 valence electrons. The number of fused-ring (bicyclic) bond motifs is 1. The topological polar surface area (TPSA) is 66.9 Å². The quantitative estimate of drug-likeness (QED) is 0.726. The summed E-state index contributed by atoms with van der Waals surface area (Å²) in [5.74, 6) is 1.49. The first-order valence-electron chi connectivity index (χ1n) is 9.06. The molecule has 0 aliphatic carbocycles. The number of carbonyl (C=O) groups is 1. The highest BCUT2D eigenvalue weighted by atomic mass is 32.1. The van der Waals surface area contributed by atoms with E-state index >= 15 is 0 Å². The molecule has 0 atom stereocenters. The van der Waals surface area contributed by atoms with Crippen molar-refractivity contribution >= 4 is 38.4 Å². The minimum absolute atomic E-state index is 0.113. The van der Waals surface area contributed by atoms with E-state index in [0.717, 1.165) is 34.2 Å². The van der Waals surface area contributed by atoms with E-state index in [1.165, 1.54) is 0 Å². The van der Waals surface area contributed by atoms with Crippen LogP contribution in [-0.4, -0.2) is 56.3 Å². The number of aromatic nitrogens is 1. The third-order valence-corrected chi connectivity index (χ3v) is 5.85. The third kappa shape index (κ3) is 3.68. The first-order chi connectivity index (χ1) is 13.7.